The lowest BCUT2D eigenvalue weighted by molar-refractivity contribution is -0.330. The van der Waals surface area contributed by atoms with Gasteiger partial charge in [-0.3, -0.25) is 9.84 Å². The molecule has 3 aliphatic carbocycles. The summed E-state index contributed by atoms with van der Waals surface area (Å²) < 4.78 is 68.3. The maximum atomic E-state index is 15.1. The predicted octanol–water partition coefficient (Wildman–Crippen LogP) is 3.60. The number of carbonyl (C=O) groups is 1. The normalized spacial score (nSPS) is 28.6. The van der Waals surface area contributed by atoms with Crippen LogP contribution >= 0.6 is 0 Å². The topological polar surface area (TPSA) is 128 Å². The van der Waals surface area contributed by atoms with Gasteiger partial charge >= 0.3 is 12.5 Å². The molecule has 3 aromatic rings. The van der Waals surface area contributed by atoms with Crippen molar-refractivity contribution in [1.29, 1.82) is 0 Å². The zero-order chi connectivity index (χ0) is 25.9. The number of alkyl carbamates (subject to hydrolysis) is 1. The van der Waals surface area contributed by atoms with Crippen LogP contribution in [0.3, 0.4) is 0 Å². The van der Waals surface area contributed by atoms with E-state index in [-0.39, 0.29) is 29.5 Å². The lowest BCUT2D eigenvalue weighted by atomic mass is 9.50. The zero-order valence-corrected chi connectivity index (χ0v) is 19.5. The van der Waals surface area contributed by atoms with Crippen molar-refractivity contribution in [2.45, 2.75) is 63.1 Å². The standard InChI is InChI=1S/C22H23F4N7O4/c1-10-7-33-14(2-12(32-33)8-36-22(24,25)26)19(27-10)28-16-3-13(30-31-16)18-17(23)15(9-35-18)37-20(34)29-21-4-11(5-21)6-21/h2-3,7,11,15,17-18H,4-6,8-9H2,1H3,(H,29,34)(H2,27,28,30,31)/t11?,15-,17+,18-,21?/m0/s1. The zero-order valence-electron chi connectivity index (χ0n) is 19.5. The Balaban J connectivity index is 1.11. The number of anilines is 2. The number of hydrogen-bond acceptors (Lipinski definition) is 8. The van der Waals surface area contributed by atoms with Crippen LogP contribution in [0.2, 0.25) is 0 Å². The van der Waals surface area contributed by atoms with E-state index in [0.29, 0.717) is 22.8 Å². The predicted molar refractivity (Wildman–Crippen MR) is 118 cm³/mol. The van der Waals surface area contributed by atoms with Gasteiger partial charge in [-0.05, 0) is 38.2 Å². The maximum Gasteiger partial charge on any atom is 0.522 e. The summed E-state index contributed by atoms with van der Waals surface area (Å²) in [4.78, 5) is 16.6. The number of aryl methyl sites for hydroxylation is 1. The highest BCUT2D eigenvalue weighted by Crippen LogP contribution is 2.57. The molecule has 1 aliphatic heterocycles. The monoisotopic (exact) mass is 525 g/mol. The lowest BCUT2D eigenvalue weighted by Crippen LogP contribution is -2.68. The molecule has 4 fully saturated rings. The number of nitrogens with zero attached hydrogens (tertiary/aromatic N) is 4. The quantitative estimate of drug-likeness (QED) is 0.400. The number of carbonyl (C=O) groups excluding carboxylic acids is 1. The second-order valence-corrected chi connectivity index (χ2v) is 9.79. The highest BCUT2D eigenvalue weighted by Gasteiger charge is 2.58. The number of rotatable bonds is 7. The molecule has 3 atom stereocenters. The Bertz CT molecular complexity index is 1330. The molecule has 0 spiro atoms. The van der Waals surface area contributed by atoms with Crippen molar-refractivity contribution in [3.05, 3.63) is 35.4 Å². The van der Waals surface area contributed by atoms with Crippen LogP contribution < -0.4 is 10.6 Å². The Hall–Kier alpha value is -3.46. The van der Waals surface area contributed by atoms with Crippen molar-refractivity contribution in [1.82, 2.24) is 30.1 Å². The van der Waals surface area contributed by atoms with Crippen molar-refractivity contribution >= 4 is 23.2 Å². The van der Waals surface area contributed by atoms with E-state index in [9.17, 15) is 18.0 Å². The smallest absolute Gasteiger partial charge is 0.441 e. The average Bonchev–Trinajstić information content (AvgIpc) is 3.47. The first-order chi connectivity index (χ1) is 17.6. The molecule has 7 rings (SSSR count). The lowest BCUT2D eigenvalue weighted by Gasteiger charge is -2.61. The van der Waals surface area contributed by atoms with Crippen LogP contribution in [0.5, 0.6) is 0 Å². The van der Waals surface area contributed by atoms with Gasteiger partial charge in [0.15, 0.2) is 23.9 Å². The highest BCUT2D eigenvalue weighted by molar-refractivity contribution is 5.72. The summed E-state index contributed by atoms with van der Waals surface area (Å²) in [6, 6.07) is 2.93. The average molecular weight is 525 g/mol. The van der Waals surface area contributed by atoms with Crippen molar-refractivity contribution in [3.8, 4) is 0 Å². The number of hydrogen-bond donors (Lipinski definition) is 3. The van der Waals surface area contributed by atoms with Crippen LogP contribution in [0.15, 0.2) is 18.3 Å². The summed E-state index contributed by atoms with van der Waals surface area (Å²) in [6.45, 7) is 0.837. The number of fused-ring (bicyclic) bond motifs is 1. The summed E-state index contributed by atoms with van der Waals surface area (Å²) >= 11 is 0. The van der Waals surface area contributed by atoms with E-state index in [4.69, 9.17) is 9.47 Å². The fourth-order valence-corrected chi connectivity index (χ4v) is 5.10. The van der Waals surface area contributed by atoms with E-state index in [1.54, 1.807) is 13.1 Å². The Morgan fingerprint density at radius 2 is 2.11 bits per heavy atom. The summed E-state index contributed by atoms with van der Waals surface area (Å²) in [5.41, 5.74) is 1.13. The van der Waals surface area contributed by atoms with Crippen LogP contribution in [-0.4, -0.2) is 61.7 Å². The minimum Gasteiger partial charge on any atom is -0.441 e. The first-order valence-electron chi connectivity index (χ1n) is 11.7. The van der Waals surface area contributed by atoms with Gasteiger partial charge in [-0.25, -0.2) is 18.7 Å². The minimum absolute atomic E-state index is 0.0548. The third-order valence-corrected chi connectivity index (χ3v) is 6.91. The molecule has 3 aromatic heterocycles. The largest absolute Gasteiger partial charge is 0.522 e. The van der Waals surface area contributed by atoms with E-state index < -0.39 is 37.4 Å². The number of alkyl halides is 4. The van der Waals surface area contributed by atoms with Gasteiger partial charge in [-0.1, -0.05) is 0 Å². The fourth-order valence-electron chi connectivity index (χ4n) is 5.10. The molecule has 0 aromatic carbocycles. The van der Waals surface area contributed by atoms with Crippen molar-refractivity contribution in [2.75, 3.05) is 11.9 Å². The third-order valence-electron chi connectivity index (χ3n) is 6.91. The molecule has 0 unspecified atom stereocenters. The first-order valence-corrected chi connectivity index (χ1v) is 11.7. The second kappa shape index (κ2) is 8.55. The van der Waals surface area contributed by atoms with Gasteiger partial charge in [0.1, 0.15) is 18.2 Å². The molecule has 1 amide bonds. The van der Waals surface area contributed by atoms with Crippen LogP contribution in [0.1, 0.15) is 42.4 Å². The van der Waals surface area contributed by atoms with Gasteiger partial charge in [-0.2, -0.15) is 10.2 Å². The highest BCUT2D eigenvalue weighted by atomic mass is 19.4. The van der Waals surface area contributed by atoms with Crippen LogP contribution in [0.4, 0.5) is 34.0 Å². The second-order valence-electron chi connectivity index (χ2n) is 9.79. The Kier molecular flexibility index (Phi) is 5.52. The van der Waals surface area contributed by atoms with Crippen LogP contribution in [-0.2, 0) is 20.8 Å². The number of H-pyrrole nitrogens is 1. The molecule has 11 nitrogen and oxygen atoms in total. The molecule has 3 saturated carbocycles. The SMILES string of the molecule is Cc1cn2nc(COC(F)(F)F)cc2c(Nc2cc([C@@H]3OC[C@H](OC(=O)NC45CC(C4)C5)[C@H]3F)[nH]n2)n1. The Morgan fingerprint density at radius 3 is 2.81 bits per heavy atom. The number of ether oxygens (including phenoxy) is 3. The van der Waals surface area contributed by atoms with Gasteiger partial charge in [0.25, 0.3) is 0 Å². The molecule has 4 heterocycles. The number of aromatic amines is 1. The summed E-state index contributed by atoms with van der Waals surface area (Å²) in [7, 11) is 0. The third kappa shape index (κ3) is 4.68. The van der Waals surface area contributed by atoms with Crippen LogP contribution in [0, 0.1) is 12.8 Å². The van der Waals surface area contributed by atoms with Gasteiger partial charge in [-0.15, -0.1) is 13.2 Å². The summed E-state index contributed by atoms with van der Waals surface area (Å²) in [5.74, 6) is 1.23. The molecule has 1 saturated heterocycles. The van der Waals surface area contributed by atoms with Crippen molar-refractivity contribution in [3.63, 3.8) is 0 Å². The van der Waals surface area contributed by atoms with E-state index >= 15 is 4.39 Å². The molecule has 4 aliphatic rings. The molecular formula is C22H23F4N7O4. The fraction of sp³-hybridized carbons (Fsp3) is 0.545. The Morgan fingerprint density at radius 1 is 1.32 bits per heavy atom. The van der Waals surface area contributed by atoms with Crippen molar-refractivity contribution in [2.24, 2.45) is 5.92 Å². The number of aromatic nitrogens is 5. The van der Waals surface area contributed by atoms with Gasteiger partial charge in [0, 0.05) is 11.6 Å². The van der Waals surface area contributed by atoms with Gasteiger partial charge in [0.05, 0.1) is 29.9 Å². The maximum absolute atomic E-state index is 15.1. The number of halogens is 4. The van der Waals surface area contributed by atoms with Gasteiger partial charge in [0.2, 0.25) is 0 Å². The number of nitrogens with one attached hydrogen (secondary N) is 3. The van der Waals surface area contributed by atoms with E-state index in [2.05, 4.69) is 35.7 Å². The first kappa shape index (κ1) is 23.9. The molecule has 198 valence electrons. The molecular weight excluding hydrogens is 502 g/mol. The number of amides is 1. The molecule has 37 heavy (non-hydrogen) atoms. The van der Waals surface area contributed by atoms with E-state index in [1.807, 2.05) is 0 Å². The molecule has 2 bridgehead atoms. The Labute approximate surface area is 206 Å². The van der Waals surface area contributed by atoms with Gasteiger partial charge < -0.3 is 20.1 Å². The molecule has 15 heteroatoms. The summed E-state index contributed by atoms with van der Waals surface area (Å²) in [5, 5.41) is 16.7. The molecule has 0 radical (unpaired) electrons. The molecule has 3 N–H and O–H groups in total. The summed E-state index contributed by atoms with van der Waals surface area (Å²) in [6.07, 6.45) is -4.73. The minimum atomic E-state index is -4.78. The van der Waals surface area contributed by atoms with Crippen molar-refractivity contribution < 1.29 is 36.6 Å². The van der Waals surface area contributed by atoms with Crippen LogP contribution in [0.25, 0.3) is 5.52 Å². The van der Waals surface area contributed by atoms with E-state index in [1.165, 1.54) is 16.6 Å². The van der Waals surface area contributed by atoms with E-state index in [0.717, 1.165) is 19.3 Å².